The number of anilines is 6. The summed E-state index contributed by atoms with van der Waals surface area (Å²) in [6.45, 7) is 62.5. The van der Waals surface area contributed by atoms with Crippen LogP contribution in [0.3, 0.4) is 0 Å². The van der Waals surface area contributed by atoms with Gasteiger partial charge in [-0.15, -0.1) is 11.8 Å². The predicted molar refractivity (Wildman–Crippen MR) is 570 cm³/mol. The van der Waals surface area contributed by atoms with Crippen molar-refractivity contribution < 1.29 is 25.2 Å². The van der Waals surface area contributed by atoms with Crippen molar-refractivity contribution in [2.45, 2.75) is 269 Å². The number of aromatic hydroxyl groups is 4. The van der Waals surface area contributed by atoms with Gasteiger partial charge in [0.2, 0.25) is 0 Å². The molecule has 0 aliphatic rings. The number of aryl methyl sites for hydroxylation is 3. The molecule has 0 amide bonds. The van der Waals surface area contributed by atoms with Crippen molar-refractivity contribution in [3.05, 3.63) is 340 Å². The summed E-state index contributed by atoms with van der Waals surface area (Å²) in [6.07, 6.45) is 9.10. The van der Waals surface area contributed by atoms with Crippen LogP contribution in [0.4, 0.5) is 34.3 Å². The smallest absolute Gasteiger partial charge is 0.142 e. The lowest BCUT2D eigenvalue weighted by atomic mass is 9.79. The molecule has 20 nitrogen and oxygen atoms in total. The minimum absolute atomic E-state index is 0.0196. The Hall–Kier alpha value is -12.5. The molecule has 136 heavy (non-hydrogen) atoms. The molecule has 13 rings (SSSR count). The van der Waals surface area contributed by atoms with E-state index in [1.165, 1.54) is 27.1 Å². The predicted octanol–water partition coefficient (Wildman–Crippen LogP) is 26.7. The number of methoxy groups -OCH3 is 1. The van der Waals surface area contributed by atoms with Gasteiger partial charge in [-0.25, -0.2) is 9.97 Å². The summed E-state index contributed by atoms with van der Waals surface area (Å²) < 4.78 is 7.44. The van der Waals surface area contributed by atoms with Crippen LogP contribution in [-0.4, -0.2) is 85.8 Å². The fourth-order valence-corrected chi connectivity index (χ4v) is 15.0. The molecule has 0 bridgehead atoms. The molecule has 0 fully saturated rings. The molecule has 7 aromatic heterocycles. The number of ether oxygens (including phenoxy) is 1. The van der Waals surface area contributed by atoms with E-state index in [1.54, 1.807) is 37.8 Å². The van der Waals surface area contributed by atoms with Crippen molar-refractivity contribution in [1.29, 1.82) is 0 Å². The van der Waals surface area contributed by atoms with Gasteiger partial charge >= 0.3 is 0 Å². The summed E-state index contributed by atoms with van der Waals surface area (Å²) >= 11 is 1.87. The zero-order valence-corrected chi connectivity index (χ0v) is 87.2. The van der Waals surface area contributed by atoms with Crippen molar-refractivity contribution in [2.24, 2.45) is 12.5 Å². The van der Waals surface area contributed by atoms with Gasteiger partial charge in [0.15, 0.2) is 0 Å². The summed E-state index contributed by atoms with van der Waals surface area (Å²) in [5.41, 5.74) is 19.7. The largest absolute Gasteiger partial charge is 0.506 e. The van der Waals surface area contributed by atoms with Crippen LogP contribution in [0.25, 0.3) is 0 Å². The number of hydrogen-bond donors (Lipinski definition) is 10. The van der Waals surface area contributed by atoms with E-state index in [9.17, 15) is 20.4 Å². The lowest BCUT2D eigenvalue weighted by Gasteiger charge is -2.32. The standard InChI is InChI=1S/C26H36N4O.C21H30N2O.C20H28N2O.C19H27N3S.C17H22N2O.C12H12N2O/c1-18-10-9-11-20(28-18)16-30(17-23-27-12-13-29(23)8)22-15-19(25(2,3)4)14-21(24(22)31)26(5,6)7;1-14-9-8-10-16(23-14)13-22-18-12-15(20(2,3)4)11-17(19(18)24)21(5,6)7;1-19(2,3)14-11-16(20(4,5)6)18(23)17(12-14)22-13-15-9-7-8-10-21-15;1-19(2,3)15-21-18-11-7-8-16(22-18)14-20-12-13-23-17-9-5-4-6-10-17;1-17(2,3)13-8-9-16(20-4)15(11-13)19-12-14-7-5-6-10-18-14;15-12-7-2-1-6-11(12)14-9-10-5-3-4-8-13-10/h9-15,31H,16-17H2,1-8H3;8-12,22,24H,13H2,1-7H3;7-12,22-23H,13H2,1-6H3;4-11,20H,12-15H2,1-3H3,(H,21,22);5-11,19H,12H2,1-4H3;1-8,14-15H,9H2. The van der Waals surface area contributed by atoms with Gasteiger partial charge in [0.25, 0.3) is 0 Å². The molecule has 7 heterocycles. The summed E-state index contributed by atoms with van der Waals surface area (Å²) in [6, 6.07) is 72.3. The van der Waals surface area contributed by atoms with E-state index in [4.69, 9.17) is 9.72 Å². The molecule has 0 radical (unpaired) electrons. The molecule has 0 saturated carbocycles. The number of imidazole rings is 1. The molecule has 0 atom stereocenters. The summed E-state index contributed by atoms with van der Waals surface area (Å²) in [7, 11) is 3.69. The minimum Gasteiger partial charge on any atom is -0.506 e. The van der Waals surface area contributed by atoms with Crippen LogP contribution in [0.1, 0.15) is 256 Å². The topological polar surface area (TPSA) is 261 Å². The Morgan fingerprint density at radius 1 is 0.360 bits per heavy atom. The van der Waals surface area contributed by atoms with Gasteiger partial charge < -0.3 is 66.5 Å². The van der Waals surface area contributed by atoms with Crippen molar-refractivity contribution in [3.8, 4) is 28.7 Å². The number of hydrogen-bond acceptors (Lipinski definition) is 20. The second-order valence-corrected chi connectivity index (χ2v) is 44.1. The number of thioether (sulfide) groups is 1. The van der Waals surface area contributed by atoms with Crippen LogP contribution in [0, 0.1) is 19.3 Å². The van der Waals surface area contributed by atoms with Gasteiger partial charge in [0, 0.05) is 96.4 Å². The molecule has 0 spiro atoms. The monoisotopic (exact) mass is 1860 g/mol. The van der Waals surface area contributed by atoms with E-state index >= 15 is 0 Å². The first-order chi connectivity index (χ1) is 63.8. The van der Waals surface area contributed by atoms with Gasteiger partial charge in [0.05, 0.1) is 109 Å². The molecule has 0 saturated heterocycles. The lowest BCUT2D eigenvalue weighted by Crippen LogP contribution is -2.26. The number of pyridine rings is 6. The van der Waals surface area contributed by atoms with Crippen LogP contribution in [0.2, 0.25) is 0 Å². The van der Waals surface area contributed by atoms with E-state index in [-0.39, 0.29) is 49.1 Å². The molecular formula is C115H155N15O5S. The number of nitrogens with zero attached hydrogens (tertiary/aromatic N) is 9. The molecule has 0 aliphatic heterocycles. The fourth-order valence-electron chi connectivity index (χ4n) is 14.1. The molecule has 0 unspecified atom stereocenters. The number of rotatable bonds is 26. The van der Waals surface area contributed by atoms with Crippen molar-refractivity contribution in [1.82, 2.24) is 44.8 Å². The van der Waals surface area contributed by atoms with Crippen LogP contribution in [-0.2, 0) is 90.8 Å². The Morgan fingerprint density at radius 2 is 0.779 bits per heavy atom. The van der Waals surface area contributed by atoms with Gasteiger partial charge in [-0.3, -0.25) is 24.9 Å². The molecule has 0 aliphatic carbocycles. The first-order valence-electron chi connectivity index (χ1n) is 47.2. The van der Waals surface area contributed by atoms with Crippen LogP contribution in [0.15, 0.2) is 254 Å². The fraction of sp³-hybridized carbons (Fsp3) is 0.400. The third kappa shape index (κ3) is 36.0. The summed E-state index contributed by atoms with van der Waals surface area (Å²) in [4.78, 5) is 34.7. The Bertz CT molecular complexity index is 5840. The highest BCUT2D eigenvalue weighted by Gasteiger charge is 2.31. The van der Waals surface area contributed by atoms with Gasteiger partial charge in [0.1, 0.15) is 40.4 Å². The van der Waals surface area contributed by atoms with E-state index in [0.29, 0.717) is 56.5 Å². The number of aromatic nitrogens is 8. The first kappa shape index (κ1) is 109. The maximum atomic E-state index is 11.4. The molecule has 726 valence electrons. The zero-order valence-electron chi connectivity index (χ0n) is 86.4. The molecule has 10 N–H and O–H groups in total. The van der Waals surface area contributed by atoms with E-state index in [2.05, 4.69) is 318 Å². The highest BCUT2D eigenvalue weighted by Crippen LogP contribution is 2.45. The number of benzene rings is 6. The molecular weight excluding hydrogens is 1700 g/mol. The zero-order chi connectivity index (χ0) is 100.0. The van der Waals surface area contributed by atoms with Gasteiger partial charge in [-0.2, -0.15) is 0 Å². The summed E-state index contributed by atoms with van der Waals surface area (Å²) in [5.74, 6) is 5.07. The Kier molecular flexibility index (Phi) is 39.5. The average molecular weight is 1860 g/mol. The van der Waals surface area contributed by atoms with Crippen LogP contribution < -0.4 is 41.5 Å². The number of para-hydroxylation sites is 2. The van der Waals surface area contributed by atoms with Crippen molar-refractivity contribution >= 4 is 46.0 Å². The van der Waals surface area contributed by atoms with E-state index in [0.717, 1.165) is 133 Å². The quantitative estimate of drug-likeness (QED) is 0.0137. The third-order valence-corrected chi connectivity index (χ3v) is 23.4. The van der Waals surface area contributed by atoms with E-state index < -0.39 is 0 Å². The SMILES string of the molecule is CC(C)(C)CNc1cccc(CNCCSc2ccccc2)n1.CC(C)(C)c1cc(NCc2ccccn2)c(O)c(C(C)(C)C)c1.COc1ccc(C(C)(C)C)cc1NCc1ccccn1.Cc1cccc(CN(Cc2nccn2C)c2cc(C(C)(C)C)cc(C(C)(C)C)c2O)n1.Cc1cccc(CNc2cc(C(C)(C)C)cc(C(C)(C)C)c2O)n1.Oc1ccccc1NCc1ccccn1. The normalized spacial score (nSPS) is 11.7. The molecule has 13 aromatic rings. The third-order valence-electron chi connectivity index (χ3n) is 22.4. The van der Waals surface area contributed by atoms with Crippen LogP contribution in [0.5, 0.6) is 28.7 Å². The molecule has 6 aromatic carbocycles. The van der Waals surface area contributed by atoms with E-state index in [1.807, 2.05) is 171 Å². The van der Waals surface area contributed by atoms with Gasteiger partial charge in [-0.05, 0) is 207 Å². The number of nitrogens with one attached hydrogen (secondary N) is 6. The second kappa shape index (κ2) is 49.3. The summed E-state index contributed by atoms with van der Waals surface area (Å²) in [5, 5.41) is 62.5. The second-order valence-electron chi connectivity index (χ2n) is 42.9. The molecule has 21 heteroatoms. The average Bonchev–Trinajstić information content (AvgIpc) is 0.932. The number of phenols is 4. The van der Waals surface area contributed by atoms with Crippen LogP contribution >= 0.6 is 11.8 Å². The Morgan fingerprint density at radius 3 is 1.23 bits per heavy atom. The number of phenolic OH excluding ortho intramolecular Hbond substituents is 4. The Balaban J connectivity index is 0.000000203. The minimum atomic E-state index is -0.184. The lowest BCUT2D eigenvalue weighted by molar-refractivity contribution is 0.416. The van der Waals surface area contributed by atoms with Crippen molar-refractivity contribution in [3.63, 3.8) is 0 Å². The maximum absolute atomic E-state index is 11.4. The maximum Gasteiger partial charge on any atom is 0.142 e. The van der Waals surface area contributed by atoms with Crippen molar-refractivity contribution in [2.75, 3.05) is 57.4 Å². The van der Waals surface area contributed by atoms with Gasteiger partial charge in [-0.1, -0.05) is 257 Å². The first-order valence-corrected chi connectivity index (χ1v) is 48.2. The Labute approximate surface area is 817 Å². The highest BCUT2D eigenvalue weighted by atomic mass is 32.2. The highest BCUT2D eigenvalue weighted by molar-refractivity contribution is 7.99.